The predicted molar refractivity (Wildman–Crippen MR) is 70.4 cm³/mol. The Morgan fingerprint density at radius 2 is 2.28 bits per heavy atom. The summed E-state index contributed by atoms with van der Waals surface area (Å²) in [5.41, 5.74) is 1.23. The van der Waals surface area contributed by atoms with E-state index in [1.165, 1.54) is 18.5 Å². The van der Waals surface area contributed by atoms with Crippen molar-refractivity contribution in [3.8, 4) is 0 Å². The molecule has 1 fully saturated rings. The van der Waals surface area contributed by atoms with E-state index in [0.29, 0.717) is 12.1 Å². The molecule has 0 unspecified atom stereocenters. The number of anilines is 1. The van der Waals surface area contributed by atoms with Gasteiger partial charge >= 0.3 is 0 Å². The van der Waals surface area contributed by atoms with E-state index >= 15 is 0 Å². The highest BCUT2D eigenvalue weighted by molar-refractivity contribution is 5.33. The van der Waals surface area contributed by atoms with Crippen molar-refractivity contribution in [3.05, 3.63) is 30.5 Å². The summed E-state index contributed by atoms with van der Waals surface area (Å²) >= 11 is 0. The zero-order chi connectivity index (χ0) is 12.5. The Balaban J connectivity index is 1.64. The number of nitrogens with one attached hydrogen (secondary N) is 1. The minimum absolute atomic E-state index is 0.401. The van der Waals surface area contributed by atoms with E-state index in [4.69, 9.17) is 0 Å². The summed E-state index contributed by atoms with van der Waals surface area (Å²) in [5, 5.41) is 7.83. The highest BCUT2D eigenvalue weighted by Gasteiger charge is 2.24. The summed E-state index contributed by atoms with van der Waals surface area (Å²) in [7, 11) is 0. The lowest BCUT2D eigenvalue weighted by atomic mass is 10.4. The lowest BCUT2D eigenvalue weighted by molar-refractivity contribution is 0.533. The van der Waals surface area contributed by atoms with E-state index in [1.54, 1.807) is 0 Å². The average molecular weight is 245 g/mol. The lowest BCUT2D eigenvalue weighted by Crippen LogP contribution is -2.07. The Morgan fingerprint density at radius 1 is 1.44 bits per heavy atom. The maximum absolute atomic E-state index is 4.48. The summed E-state index contributed by atoms with van der Waals surface area (Å²) in [6.07, 6.45) is 8.44. The van der Waals surface area contributed by atoms with Crippen LogP contribution in [0.5, 0.6) is 0 Å². The molecule has 5 heteroatoms. The second-order valence-electron chi connectivity index (χ2n) is 5.15. The molecule has 0 bridgehead atoms. The Hall–Kier alpha value is -1.78. The molecule has 1 N–H and O–H groups in total. The molecule has 0 amide bonds. The van der Waals surface area contributed by atoms with Gasteiger partial charge in [-0.15, -0.1) is 0 Å². The van der Waals surface area contributed by atoms with Gasteiger partial charge in [0.2, 0.25) is 0 Å². The summed E-state index contributed by atoms with van der Waals surface area (Å²) in [5.74, 6) is 0.923. The molecule has 1 saturated carbocycles. The van der Waals surface area contributed by atoms with Gasteiger partial charge in [0.05, 0.1) is 18.6 Å². The number of aromatic nitrogens is 4. The van der Waals surface area contributed by atoms with E-state index < -0.39 is 0 Å². The maximum atomic E-state index is 4.48. The summed E-state index contributed by atoms with van der Waals surface area (Å²) < 4.78 is 4.23. The first-order chi connectivity index (χ1) is 8.74. The second-order valence-corrected chi connectivity index (χ2v) is 5.15. The predicted octanol–water partition coefficient (Wildman–Crippen LogP) is 2.61. The largest absolute Gasteiger partial charge is 0.363 e. The third kappa shape index (κ3) is 2.25. The van der Waals surface area contributed by atoms with Crippen LogP contribution in [0.2, 0.25) is 0 Å². The zero-order valence-corrected chi connectivity index (χ0v) is 10.9. The first-order valence-electron chi connectivity index (χ1n) is 6.54. The molecule has 1 aliphatic carbocycles. The summed E-state index contributed by atoms with van der Waals surface area (Å²) in [6.45, 7) is 5.03. The molecule has 2 aromatic rings. The van der Waals surface area contributed by atoms with Gasteiger partial charge in [-0.1, -0.05) is 0 Å². The highest BCUT2D eigenvalue weighted by atomic mass is 15.3. The fourth-order valence-corrected chi connectivity index (χ4v) is 2.05. The van der Waals surface area contributed by atoms with Crippen LogP contribution in [0.3, 0.4) is 0 Å². The summed E-state index contributed by atoms with van der Waals surface area (Å²) in [6, 6.07) is 3.09. The van der Waals surface area contributed by atoms with Crippen LogP contribution in [-0.4, -0.2) is 19.3 Å². The molecule has 2 aromatic heterocycles. The van der Waals surface area contributed by atoms with Gasteiger partial charge in [0, 0.05) is 30.5 Å². The average Bonchev–Trinajstić information content (AvgIpc) is 2.92. The van der Waals surface area contributed by atoms with E-state index in [0.717, 1.165) is 12.4 Å². The molecule has 0 radical (unpaired) electrons. The SMILES string of the molecule is CC(C)n1ccc(NCc2cncn2C2CC2)n1. The smallest absolute Gasteiger partial charge is 0.148 e. The van der Waals surface area contributed by atoms with Crippen molar-refractivity contribution < 1.29 is 0 Å². The molecule has 18 heavy (non-hydrogen) atoms. The van der Waals surface area contributed by atoms with Crippen molar-refractivity contribution in [2.45, 2.75) is 45.3 Å². The van der Waals surface area contributed by atoms with E-state index in [-0.39, 0.29) is 0 Å². The first kappa shape index (κ1) is 11.3. The summed E-state index contributed by atoms with van der Waals surface area (Å²) in [4.78, 5) is 4.23. The van der Waals surface area contributed by atoms with Gasteiger partial charge in [0.1, 0.15) is 5.82 Å². The molecule has 2 heterocycles. The van der Waals surface area contributed by atoms with Crippen LogP contribution in [-0.2, 0) is 6.54 Å². The van der Waals surface area contributed by atoms with Crippen molar-refractivity contribution in [1.82, 2.24) is 19.3 Å². The fraction of sp³-hybridized carbons (Fsp3) is 0.538. The first-order valence-corrected chi connectivity index (χ1v) is 6.54. The van der Waals surface area contributed by atoms with Crippen LogP contribution >= 0.6 is 0 Å². The van der Waals surface area contributed by atoms with E-state index in [9.17, 15) is 0 Å². The molecule has 0 aliphatic heterocycles. The molecule has 5 nitrogen and oxygen atoms in total. The third-order valence-electron chi connectivity index (χ3n) is 3.27. The van der Waals surface area contributed by atoms with Crippen molar-refractivity contribution in [2.75, 3.05) is 5.32 Å². The van der Waals surface area contributed by atoms with Crippen molar-refractivity contribution >= 4 is 5.82 Å². The normalized spacial score (nSPS) is 15.3. The Morgan fingerprint density at radius 3 is 2.94 bits per heavy atom. The molecule has 0 spiro atoms. The number of hydrogen-bond acceptors (Lipinski definition) is 3. The Bertz CT molecular complexity index is 521. The molecule has 0 saturated heterocycles. The minimum atomic E-state index is 0.401. The van der Waals surface area contributed by atoms with Crippen molar-refractivity contribution in [3.63, 3.8) is 0 Å². The second kappa shape index (κ2) is 4.48. The molecular formula is C13H19N5. The number of imidazole rings is 1. The molecule has 1 aliphatic rings. The third-order valence-corrected chi connectivity index (χ3v) is 3.27. The standard InChI is InChI=1S/C13H19N5/c1-10(2)18-6-5-13(16-18)15-8-12-7-14-9-17(12)11-3-4-11/h5-7,9-11H,3-4,8H2,1-2H3,(H,15,16). The number of rotatable bonds is 5. The fourth-order valence-electron chi connectivity index (χ4n) is 2.05. The van der Waals surface area contributed by atoms with Crippen LogP contribution in [0.15, 0.2) is 24.8 Å². The van der Waals surface area contributed by atoms with Crippen LogP contribution in [0.25, 0.3) is 0 Å². The van der Waals surface area contributed by atoms with Gasteiger partial charge in [-0.3, -0.25) is 4.68 Å². The van der Waals surface area contributed by atoms with E-state index in [2.05, 4.69) is 33.8 Å². The van der Waals surface area contributed by atoms with Gasteiger partial charge in [-0.2, -0.15) is 5.10 Å². The molecular weight excluding hydrogens is 226 g/mol. The highest BCUT2D eigenvalue weighted by Crippen LogP contribution is 2.35. The van der Waals surface area contributed by atoms with Gasteiger partial charge < -0.3 is 9.88 Å². The van der Waals surface area contributed by atoms with Crippen molar-refractivity contribution in [2.24, 2.45) is 0 Å². The lowest BCUT2D eigenvalue weighted by Gasteiger charge is -2.07. The van der Waals surface area contributed by atoms with Gasteiger partial charge in [0.25, 0.3) is 0 Å². The van der Waals surface area contributed by atoms with Crippen molar-refractivity contribution in [1.29, 1.82) is 0 Å². The minimum Gasteiger partial charge on any atom is -0.363 e. The molecule has 96 valence electrons. The Kier molecular flexibility index (Phi) is 2.81. The van der Waals surface area contributed by atoms with Crippen LogP contribution in [0, 0.1) is 0 Å². The molecule has 0 aromatic carbocycles. The molecule has 0 atom stereocenters. The van der Waals surface area contributed by atoms with Crippen LogP contribution in [0.4, 0.5) is 5.82 Å². The topological polar surface area (TPSA) is 47.7 Å². The van der Waals surface area contributed by atoms with Crippen LogP contribution in [0.1, 0.15) is 44.5 Å². The van der Waals surface area contributed by atoms with Gasteiger partial charge in [0.15, 0.2) is 0 Å². The van der Waals surface area contributed by atoms with Gasteiger partial charge in [-0.05, 0) is 26.7 Å². The molecule has 3 rings (SSSR count). The number of hydrogen-bond donors (Lipinski definition) is 1. The van der Waals surface area contributed by atoms with Crippen LogP contribution < -0.4 is 5.32 Å². The monoisotopic (exact) mass is 245 g/mol. The zero-order valence-electron chi connectivity index (χ0n) is 10.9. The number of nitrogens with zero attached hydrogens (tertiary/aromatic N) is 4. The quantitative estimate of drug-likeness (QED) is 0.880. The van der Waals surface area contributed by atoms with Gasteiger partial charge in [-0.25, -0.2) is 4.98 Å². The van der Waals surface area contributed by atoms with E-state index in [1.807, 2.05) is 29.5 Å². The maximum Gasteiger partial charge on any atom is 0.148 e. The Labute approximate surface area is 107 Å².